The number of hydrogen-bond donors (Lipinski definition) is 1. The summed E-state index contributed by atoms with van der Waals surface area (Å²) in [7, 11) is 1.56. The Morgan fingerprint density at radius 1 is 1.04 bits per heavy atom. The van der Waals surface area contributed by atoms with Crippen molar-refractivity contribution >= 4 is 12.0 Å². The lowest BCUT2D eigenvalue weighted by molar-refractivity contribution is -0.131. The summed E-state index contributed by atoms with van der Waals surface area (Å²) in [6, 6.07) is 11.2. The number of hydrogen-bond acceptors (Lipinski definition) is 4. The molecule has 2 rings (SSSR count). The molecule has 0 saturated heterocycles. The van der Waals surface area contributed by atoms with E-state index < -0.39 is 5.97 Å². The second kappa shape index (κ2) is 8.78. The maximum atomic E-state index is 10.6. The van der Waals surface area contributed by atoms with Crippen LogP contribution in [0.15, 0.2) is 42.5 Å². The van der Waals surface area contributed by atoms with Crippen molar-refractivity contribution in [1.82, 2.24) is 0 Å². The van der Waals surface area contributed by atoms with Crippen molar-refractivity contribution in [3.63, 3.8) is 0 Å². The van der Waals surface area contributed by atoms with Gasteiger partial charge in [-0.2, -0.15) is 0 Å². The molecule has 0 amide bonds. The van der Waals surface area contributed by atoms with Crippen molar-refractivity contribution in [1.29, 1.82) is 0 Å². The Morgan fingerprint density at radius 3 is 2.44 bits per heavy atom. The van der Waals surface area contributed by atoms with Gasteiger partial charge in [0, 0.05) is 6.08 Å². The summed E-state index contributed by atoms with van der Waals surface area (Å²) in [5, 5.41) is 8.71. The zero-order valence-electron chi connectivity index (χ0n) is 14.6. The molecular formula is C20H22O5. The van der Waals surface area contributed by atoms with Gasteiger partial charge in [0.05, 0.1) is 7.11 Å². The van der Waals surface area contributed by atoms with Gasteiger partial charge in [0.2, 0.25) is 0 Å². The lowest BCUT2D eigenvalue weighted by Crippen LogP contribution is -2.10. The molecule has 132 valence electrons. The SMILES string of the molecule is COc1ccc(C=CC(=O)O)cc1OCCOc1cccc(C)c1C. The van der Waals surface area contributed by atoms with E-state index in [1.807, 2.05) is 32.0 Å². The van der Waals surface area contributed by atoms with Crippen molar-refractivity contribution < 1.29 is 24.1 Å². The van der Waals surface area contributed by atoms with E-state index in [9.17, 15) is 4.79 Å². The Balaban J connectivity index is 1.98. The molecule has 1 N–H and O–H groups in total. The van der Waals surface area contributed by atoms with Crippen LogP contribution in [0.4, 0.5) is 0 Å². The van der Waals surface area contributed by atoms with Gasteiger partial charge >= 0.3 is 5.97 Å². The fourth-order valence-corrected chi connectivity index (χ4v) is 2.26. The van der Waals surface area contributed by atoms with Crippen LogP contribution < -0.4 is 14.2 Å². The molecule has 0 unspecified atom stereocenters. The van der Waals surface area contributed by atoms with Crippen molar-refractivity contribution in [2.24, 2.45) is 0 Å². The molecule has 0 spiro atoms. The molecule has 5 nitrogen and oxygen atoms in total. The third-order valence-electron chi connectivity index (χ3n) is 3.76. The van der Waals surface area contributed by atoms with Gasteiger partial charge in [0.15, 0.2) is 11.5 Å². The lowest BCUT2D eigenvalue weighted by Gasteiger charge is -2.13. The Labute approximate surface area is 147 Å². The first-order valence-corrected chi connectivity index (χ1v) is 7.92. The number of benzene rings is 2. The predicted octanol–water partition coefficient (Wildman–Crippen LogP) is 3.87. The predicted molar refractivity (Wildman–Crippen MR) is 96.6 cm³/mol. The number of carboxylic acids is 1. The normalized spacial score (nSPS) is 10.7. The minimum atomic E-state index is -1.000. The summed E-state index contributed by atoms with van der Waals surface area (Å²) in [4.78, 5) is 10.6. The second-order valence-electron chi connectivity index (χ2n) is 5.48. The van der Waals surface area contributed by atoms with Gasteiger partial charge in [-0.05, 0) is 54.8 Å². The fourth-order valence-electron chi connectivity index (χ4n) is 2.26. The number of aliphatic carboxylic acids is 1. The van der Waals surface area contributed by atoms with Gasteiger partial charge in [-0.1, -0.05) is 18.2 Å². The van der Waals surface area contributed by atoms with E-state index in [0.29, 0.717) is 30.3 Å². The highest BCUT2D eigenvalue weighted by Crippen LogP contribution is 2.28. The van der Waals surface area contributed by atoms with Crippen molar-refractivity contribution in [2.75, 3.05) is 20.3 Å². The Hall–Kier alpha value is -2.95. The Morgan fingerprint density at radius 2 is 1.76 bits per heavy atom. The van der Waals surface area contributed by atoms with E-state index in [-0.39, 0.29) is 0 Å². The molecule has 0 radical (unpaired) electrons. The molecule has 0 aromatic heterocycles. The smallest absolute Gasteiger partial charge is 0.328 e. The zero-order chi connectivity index (χ0) is 18.2. The minimum absolute atomic E-state index is 0.343. The molecule has 0 fully saturated rings. The maximum Gasteiger partial charge on any atom is 0.328 e. The van der Waals surface area contributed by atoms with Crippen LogP contribution in [0.2, 0.25) is 0 Å². The number of aryl methyl sites for hydroxylation is 1. The zero-order valence-corrected chi connectivity index (χ0v) is 14.6. The molecule has 0 heterocycles. The van der Waals surface area contributed by atoms with Gasteiger partial charge in [-0.15, -0.1) is 0 Å². The first-order valence-electron chi connectivity index (χ1n) is 7.92. The van der Waals surface area contributed by atoms with Gasteiger partial charge in [-0.3, -0.25) is 0 Å². The largest absolute Gasteiger partial charge is 0.493 e. The summed E-state index contributed by atoms with van der Waals surface area (Å²) in [6.45, 7) is 4.80. The van der Waals surface area contributed by atoms with Crippen LogP contribution in [0, 0.1) is 13.8 Å². The molecule has 0 aliphatic rings. The van der Waals surface area contributed by atoms with Crippen LogP contribution in [-0.2, 0) is 4.79 Å². The van der Waals surface area contributed by atoms with Crippen LogP contribution in [0.3, 0.4) is 0 Å². The van der Waals surface area contributed by atoms with Gasteiger partial charge in [0.25, 0.3) is 0 Å². The maximum absolute atomic E-state index is 10.6. The molecular weight excluding hydrogens is 320 g/mol. The van der Waals surface area contributed by atoms with Crippen LogP contribution >= 0.6 is 0 Å². The molecule has 0 saturated carbocycles. The van der Waals surface area contributed by atoms with E-state index >= 15 is 0 Å². The van der Waals surface area contributed by atoms with Crippen LogP contribution in [0.5, 0.6) is 17.2 Å². The van der Waals surface area contributed by atoms with Gasteiger partial charge in [0.1, 0.15) is 19.0 Å². The molecule has 25 heavy (non-hydrogen) atoms. The van der Waals surface area contributed by atoms with Crippen molar-refractivity contribution in [3.05, 3.63) is 59.2 Å². The minimum Gasteiger partial charge on any atom is -0.493 e. The molecule has 0 atom stereocenters. The van der Waals surface area contributed by atoms with Crippen molar-refractivity contribution in [2.45, 2.75) is 13.8 Å². The van der Waals surface area contributed by atoms with E-state index in [1.165, 1.54) is 11.6 Å². The van der Waals surface area contributed by atoms with E-state index in [2.05, 4.69) is 0 Å². The summed E-state index contributed by atoms with van der Waals surface area (Å²) in [6.07, 6.45) is 2.58. The molecule has 0 aliphatic carbocycles. The van der Waals surface area contributed by atoms with E-state index in [1.54, 1.807) is 25.3 Å². The molecule has 2 aromatic carbocycles. The Kier molecular flexibility index (Phi) is 6.46. The number of rotatable bonds is 8. The summed E-state index contributed by atoms with van der Waals surface area (Å²) in [5.74, 6) is 0.965. The third-order valence-corrected chi connectivity index (χ3v) is 3.76. The lowest BCUT2D eigenvalue weighted by atomic mass is 10.1. The second-order valence-corrected chi connectivity index (χ2v) is 5.48. The molecule has 0 aliphatic heterocycles. The third kappa shape index (κ3) is 5.28. The van der Waals surface area contributed by atoms with Gasteiger partial charge in [-0.25, -0.2) is 4.79 Å². The molecule has 2 aromatic rings. The fraction of sp³-hybridized carbons (Fsp3) is 0.250. The number of methoxy groups -OCH3 is 1. The van der Waals surface area contributed by atoms with Crippen LogP contribution in [-0.4, -0.2) is 31.4 Å². The standard InChI is InChI=1S/C20H22O5/c1-14-5-4-6-17(15(14)2)24-11-12-25-19-13-16(8-10-20(21)22)7-9-18(19)23-3/h4-10,13H,11-12H2,1-3H3,(H,21,22). The first-order chi connectivity index (χ1) is 12.0. The summed E-state index contributed by atoms with van der Waals surface area (Å²) < 4.78 is 16.8. The average Bonchev–Trinajstić information content (AvgIpc) is 2.60. The monoisotopic (exact) mass is 342 g/mol. The Bertz CT molecular complexity index is 765. The topological polar surface area (TPSA) is 65.0 Å². The van der Waals surface area contributed by atoms with E-state index in [0.717, 1.165) is 17.4 Å². The highest BCUT2D eigenvalue weighted by atomic mass is 16.5. The molecule has 0 bridgehead atoms. The highest BCUT2D eigenvalue weighted by molar-refractivity contribution is 5.85. The van der Waals surface area contributed by atoms with Crippen molar-refractivity contribution in [3.8, 4) is 17.2 Å². The summed E-state index contributed by atoms with van der Waals surface area (Å²) >= 11 is 0. The average molecular weight is 342 g/mol. The number of carboxylic acid groups (broad SMARTS) is 1. The molecule has 5 heteroatoms. The number of carbonyl (C=O) groups is 1. The van der Waals surface area contributed by atoms with E-state index in [4.69, 9.17) is 19.3 Å². The van der Waals surface area contributed by atoms with Crippen LogP contribution in [0.25, 0.3) is 6.08 Å². The highest BCUT2D eigenvalue weighted by Gasteiger charge is 2.06. The van der Waals surface area contributed by atoms with Gasteiger partial charge < -0.3 is 19.3 Å². The first kappa shape index (κ1) is 18.4. The quantitative estimate of drug-likeness (QED) is 0.583. The van der Waals surface area contributed by atoms with Crippen LogP contribution in [0.1, 0.15) is 16.7 Å². The summed E-state index contributed by atoms with van der Waals surface area (Å²) in [5.41, 5.74) is 3.01. The number of ether oxygens (including phenoxy) is 3.